The van der Waals surface area contributed by atoms with Crippen LogP contribution >= 0.6 is 12.4 Å². The van der Waals surface area contributed by atoms with Gasteiger partial charge in [0.15, 0.2) is 0 Å². The average molecular weight is 380 g/mol. The van der Waals surface area contributed by atoms with Crippen LogP contribution in [0.1, 0.15) is 25.0 Å². The van der Waals surface area contributed by atoms with Crippen molar-refractivity contribution in [2.45, 2.75) is 33.0 Å². The molecule has 0 unspecified atom stereocenters. The van der Waals surface area contributed by atoms with Crippen molar-refractivity contribution < 1.29 is 9.59 Å². The largest absolute Gasteiger partial charge is 0.350 e. The Morgan fingerprint density at radius 1 is 1.15 bits per heavy atom. The maximum Gasteiger partial charge on any atom is 0.239 e. The van der Waals surface area contributed by atoms with E-state index < -0.39 is 6.04 Å². The summed E-state index contributed by atoms with van der Waals surface area (Å²) in [5.41, 5.74) is 7.85. The van der Waals surface area contributed by atoms with Gasteiger partial charge in [0.1, 0.15) is 0 Å². The van der Waals surface area contributed by atoms with E-state index in [4.69, 9.17) is 5.73 Å². The zero-order valence-corrected chi connectivity index (χ0v) is 15.8. The molecule has 0 saturated carbocycles. The van der Waals surface area contributed by atoms with Gasteiger partial charge in [-0.2, -0.15) is 5.10 Å². The minimum absolute atomic E-state index is 0. The first kappa shape index (κ1) is 21.7. The van der Waals surface area contributed by atoms with Gasteiger partial charge in [-0.25, -0.2) is 0 Å². The molecule has 0 bridgehead atoms. The topological polar surface area (TPSA) is 102 Å². The van der Waals surface area contributed by atoms with E-state index in [9.17, 15) is 9.59 Å². The SMILES string of the molecule is CC(C)[C@H](N)C(=O)NCC(=O)NCc1ccc(Cn2cccn2)cc1.Cl. The highest BCUT2D eigenvalue weighted by molar-refractivity contribution is 5.87. The van der Waals surface area contributed by atoms with Crippen molar-refractivity contribution in [2.24, 2.45) is 11.7 Å². The van der Waals surface area contributed by atoms with Crippen LogP contribution in [0.15, 0.2) is 42.7 Å². The molecule has 0 fully saturated rings. The smallest absolute Gasteiger partial charge is 0.239 e. The van der Waals surface area contributed by atoms with Gasteiger partial charge in [0.25, 0.3) is 0 Å². The first-order valence-electron chi connectivity index (χ1n) is 8.31. The number of nitrogens with zero attached hydrogens (tertiary/aromatic N) is 2. The summed E-state index contributed by atoms with van der Waals surface area (Å²) in [7, 11) is 0. The van der Waals surface area contributed by atoms with Crippen molar-refractivity contribution in [1.29, 1.82) is 0 Å². The third kappa shape index (κ3) is 6.85. The summed E-state index contributed by atoms with van der Waals surface area (Å²) < 4.78 is 1.85. The Morgan fingerprint density at radius 3 is 2.38 bits per heavy atom. The standard InChI is InChI=1S/C18H25N5O2.ClH/c1-13(2)17(19)18(25)21-11-16(24)20-10-14-4-6-15(7-5-14)12-23-9-3-8-22-23;/h3-9,13,17H,10-12,19H2,1-2H3,(H,20,24)(H,21,25);1H/t17-;/m0./s1. The van der Waals surface area contributed by atoms with E-state index in [0.717, 1.165) is 11.1 Å². The number of nitrogens with two attached hydrogens (primary N) is 1. The second-order valence-corrected chi connectivity index (χ2v) is 6.28. The Kier molecular flexibility index (Phi) is 8.81. The van der Waals surface area contributed by atoms with Crippen LogP contribution in [0.5, 0.6) is 0 Å². The van der Waals surface area contributed by atoms with Crippen LogP contribution in [0.3, 0.4) is 0 Å². The number of rotatable bonds is 8. The average Bonchev–Trinajstić information content (AvgIpc) is 3.11. The van der Waals surface area contributed by atoms with E-state index in [2.05, 4.69) is 15.7 Å². The van der Waals surface area contributed by atoms with Gasteiger partial charge in [0.2, 0.25) is 11.8 Å². The fourth-order valence-corrected chi connectivity index (χ4v) is 2.19. The number of carbonyl (C=O) groups excluding carboxylic acids is 2. The van der Waals surface area contributed by atoms with Gasteiger partial charge in [-0.1, -0.05) is 38.1 Å². The van der Waals surface area contributed by atoms with Crippen molar-refractivity contribution in [3.8, 4) is 0 Å². The highest BCUT2D eigenvalue weighted by Crippen LogP contribution is 2.06. The number of halogens is 1. The lowest BCUT2D eigenvalue weighted by molar-refractivity contribution is -0.127. The van der Waals surface area contributed by atoms with Gasteiger partial charge < -0.3 is 16.4 Å². The van der Waals surface area contributed by atoms with Crippen molar-refractivity contribution in [3.05, 3.63) is 53.9 Å². The maximum absolute atomic E-state index is 11.8. The molecule has 0 saturated heterocycles. The summed E-state index contributed by atoms with van der Waals surface area (Å²) in [5.74, 6) is -0.527. The van der Waals surface area contributed by atoms with Crippen LogP contribution in [0.2, 0.25) is 0 Å². The molecule has 2 aromatic rings. The molecule has 26 heavy (non-hydrogen) atoms. The summed E-state index contributed by atoms with van der Waals surface area (Å²) >= 11 is 0. The van der Waals surface area contributed by atoms with E-state index in [1.165, 1.54) is 0 Å². The highest BCUT2D eigenvalue weighted by Gasteiger charge is 2.17. The van der Waals surface area contributed by atoms with Gasteiger partial charge in [-0.3, -0.25) is 14.3 Å². The summed E-state index contributed by atoms with van der Waals surface area (Å²) in [6, 6.07) is 9.23. The number of hydrogen-bond acceptors (Lipinski definition) is 4. The fraction of sp³-hybridized carbons (Fsp3) is 0.389. The molecule has 2 amide bonds. The molecule has 0 aliphatic carbocycles. The van der Waals surface area contributed by atoms with Crippen LogP contribution in [0.4, 0.5) is 0 Å². The molecule has 8 heteroatoms. The molecule has 0 aliphatic rings. The van der Waals surface area contributed by atoms with Gasteiger partial charge in [-0.05, 0) is 23.1 Å². The van der Waals surface area contributed by atoms with E-state index in [0.29, 0.717) is 13.1 Å². The quantitative estimate of drug-likeness (QED) is 0.638. The minimum atomic E-state index is -0.602. The molecule has 1 atom stereocenters. The van der Waals surface area contributed by atoms with Crippen LogP contribution < -0.4 is 16.4 Å². The Morgan fingerprint density at radius 2 is 1.81 bits per heavy atom. The zero-order valence-electron chi connectivity index (χ0n) is 15.0. The molecule has 1 aromatic carbocycles. The van der Waals surface area contributed by atoms with Gasteiger partial charge in [-0.15, -0.1) is 12.4 Å². The first-order chi connectivity index (χ1) is 12.0. The number of carbonyl (C=O) groups is 2. The second-order valence-electron chi connectivity index (χ2n) is 6.28. The fourth-order valence-electron chi connectivity index (χ4n) is 2.19. The van der Waals surface area contributed by atoms with E-state index in [1.54, 1.807) is 6.20 Å². The lowest BCUT2D eigenvalue weighted by Crippen LogP contribution is -2.47. The Balaban J connectivity index is 0.00000338. The maximum atomic E-state index is 11.8. The molecular weight excluding hydrogens is 354 g/mol. The third-order valence-electron chi connectivity index (χ3n) is 3.86. The summed E-state index contributed by atoms with van der Waals surface area (Å²) in [6.45, 7) is 4.77. The van der Waals surface area contributed by atoms with Gasteiger partial charge in [0, 0.05) is 18.9 Å². The number of nitrogens with one attached hydrogen (secondary N) is 2. The summed E-state index contributed by atoms with van der Waals surface area (Å²) in [5, 5.41) is 9.49. The lowest BCUT2D eigenvalue weighted by atomic mass is 10.1. The van der Waals surface area contributed by atoms with E-state index >= 15 is 0 Å². The van der Waals surface area contributed by atoms with E-state index in [1.807, 2.05) is 55.1 Å². The number of amides is 2. The third-order valence-corrected chi connectivity index (χ3v) is 3.86. The van der Waals surface area contributed by atoms with Crippen LogP contribution in [0, 0.1) is 5.92 Å². The number of hydrogen-bond donors (Lipinski definition) is 3. The monoisotopic (exact) mass is 379 g/mol. The number of aromatic nitrogens is 2. The molecule has 142 valence electrons. The highest BCUT2D eigenvalue weighted by atomic mass is 35.5. The number of benzene rings is 1. The van der Waals surface area contributed by atoms with Crippen LogP contribution in [0.25, 0.3) is 0 Å². The summed E-state index contributed by atoms with van der Waals surface area (Å²) in [6.07, 6.45) is 3.66. The zero-order chi connectivity index (χ0) is 18.2. The normalized spacial score (nSPS) is 11.5. The van der Waals surface area contributed by atoms with Crippen molar-refractivity contribution in [1.82, 2.24) is 20.4 Å². The van der Waals surface area contributed by atoms with Gasteiger partial charge >= 0.3 is 0 Å². The summed E-state index contributed by atoms with van der Waals surface area (Å²) in [4.78, 5) is 23.5. The molecule has 1 heterocycles. The molecule has 2 rings (SSSR count). The molecular formula is C18H26ClN5O2. The predicted molar refractivity (Wildman–Crippen MR) is 103 cm³/mol. The molecule has 0 spiro atoms. The molecule has 4 N–H and O–H groups in total. The Bertz CT molecular complexity index is 686. The minimum Gasteiger partial charge on any atom is -0.350 e. The molecule has 0 aliphatic heterocycles. The van der Waals surface area contributed by atoms with Gasteiger partial charge in [0.05, 0.1) is 19.1 Å². The second kappa shape index (κ2) is 10.6. The Hall–Kier alpha value is -2.38. The lowest BCUT2D eigenvalue weighted by Gasteiger charge is -2.15. The van der Waals surface area contributed by atoms with Crippen LogP contribution in [-0.2, 0) is 22.7 Å². The molecule has 0 radical (unpaired) electrons. The van der Waals surface area contributed by atoms with Crippen molar-refractivity contribution in [2.75, 3.05) is 6.54 Å². The van der Waals surface area contributed by atoms with Crippen molar-refractivity contribution in [3.63, 3.8) is 0 Å². The first-order valence-corrected chi connectivity index (χ1v) is 8.31. The van der Waals surface area contributed by atoms with Crippen LogP contribution in [-0.4, -0.2) is 34.2 Å². The van der Waals surface area contributed by atoms with Crippen molar-refractivity contribution >= 4 is 24.2 Å². The Labute approximate surface area is 159 Å². The van der Waals surface area contributed by atoms with E-state index in [-0.39, 0.29) is 36.7 Å². The molecule has 1 aromatic heterocycles. The molecule has 7 nitrogen and oxygen atoms in total. The predicted octanol–water partition coefficient (Wildman–Crippen LogP) is 1.07.